The number of hydrogen-bond acceptors (Lipinski definition) is 4. The van der Waals surface area contributed by atoms with Crippen LogP contribution < -0.4 is 5.32 Å². The molecule has 0 bridgehead atoms. The van der Waals surface area contributed by atoms with Crippen molar-refractivity contribution in [3.8, 4) is 0 Å². The summed E-state index contributed by atoms with van der Waals surface area (Å²) in [5, 5.41) is 3.19. The minimum atomic E-state index is 0.249. The summed E-state index contributed by atoms with van der Waals surface area (Å²) in [5.74, 6) is 0.564. The van der Waals surface area contributed by atoms with Crippen molar-refractivity contribution in [2.45, 2.75) is 76.9 Å². The van der Waals surface area contributed by atoms with E-state index in [-0.39, 0.29) is 5.92 Å². The number of pyridine rings is 1. The Balaban J connectivity index is 1.19. The lowest BCUT2D eigenvalue weighted by atomic mass is 9.92. The molecule has 28 heavy (non-hydrogen) atoms. The number of hydrogen-bond donors (Lipinski definition) is 1. The molecule has 3 heterocycles. The monoisotopic (exact) mass is 384 g/mol. The summed E-state index contributed by atoms with van der Waals surface area (Å²) in [5.41, 5.74) is 2.51. The van der Waals surface area contributed by atoms with Crippen LogP contribution in [0.4, 0.5) is 0 Å². The lowest BCUT2D eigenvalue weighted by Crippen LogP contribution is -2.51. The SMILES string of the molecule is Cc1ccnc(C[C@H](C)N2CCC(N3CCC(C(=O)NC4CC4)CC3)CC2)c1. The largest absolute Gasteiger partial charge is 0.353 e. The Labute approximate surface area is 169 Å². The van der Waals surface area contributed by atoms with Gasteiger partial charge in [0.25, 0.3) is 0 Å². The fraction of sp³-hybridized carbons (Fsp3) is 0.739. The van der Waals surface area contributed by atoms with Crippen molar-refractivity contribution in [3.05, 3.63) is 29.6 Å². The van der Waals surface area contributed by atoms with Crippen LogP contribution in [0.3, 0.4) is 0 Å². The summed E-state index contributed by atoms with van der Waals surface area (Å²) >= 11 is 0. The topological polar surface area (TPSA) is 48.5 Å². The zero-order chi connectivity index (χ0) is 19.5. The summed E-state index contributed by atoms with van der Waals surface area (Å²) in [4.78, 5) is 22.1. The van der Waals surface area contributed by atoms with E-state index in [2.05, 4.69) is 46.1 Å². The number of nitrogens with one attached hydrogen (secondary N) is 1. The summed E-state index contributed by atoms with van der Waals surface area (Å²) < 4.78 is 0. The van der Waals surface area contributed by atoms with Crippen molar-refractivity contribution >= 4 is 5.91 Å². The highest BCUT2D eigenvalue weighted by Gasteiger charge is 2.33. The van der Waals surface area contributed by atoms with Gasteiger partial charge in [0.05, 0.1) is 0 Å². The lowest BCUT2D eigenvalue weighted by Gasteiger charge is -2.43. The minimum absolute atomic E-state index is 0.249. The molecule has 3 fully saturated rings. The van der Waals surface area contributed by atoms with E-state index in [1.807, 2.05) is 6.20 Å². The highest BCUT2D eigenvalue weighted by Crippen LogP contribution is 2.26. The maximum atomic E-state index is 12.3. The van der Waals surface area contributed by atoms with Gasteiger partial charge in [-0.3, -0.25) is 9.78 Å². The van der Waals surface area contributed by atoms with E-state index in [0.29, 0.717) is 24.0 Å². The lowest BCUT2D eigenvalue weighted by molar-refractivity contribution is -0.126. The molecule has 0 aromatic carbocycles. The second kappa shape index (κ2) is 8.91. The molecule has 1 saturated carbocycles. The molecule has 2 saturated heterocycles. The van der Waals surface area contributed by atoms with Gasteiger partial charge in [0.1, 0.15) is 0 Å². The molecular weight excluding hydrogens is 348 g/mol. The van der Waals surface area contributed by atoms with Crippen LogP contribution in [0.1, 0.15) is 56.7 Å². The van der Waals surface area contributed by atoms with Crippen molar-refractivity contribution in [2.75, 3.05) is 26.2 Å². The molecule has 2 aliphatic heterocycles. The zero-order valence-electron chi connectivity index (χ0n) is 17.6. The highest BCUT2D eigenvalue weighted by atomic mass is 16.2. The zero-order valence-corrected chi connectivity index (χ0v) is 17.6. The average molecular weight is 385 g/mol. The molecule has 5 nitrogen and oxygen atoms in total. The van der Waals surface area contributed by atoms with Gasteiger partial charge in [-0.25, -0.2) is 0 Å². The molecule has 1 aromatic heterocycles. The van der Waals surface area contributed by atoms with Crippen LogP contribution in [-0.4, -0.2) is 65.0 Å². The molecule has 154 valence electrons. The number of likely N-dealkylation sites (tertiary alicyclic amines) is 2. The van der Waals surface area contributed by atoms with E-state index in [1.54, 1.807) is 0 Å². The molecule has 1 aromatic rings. The molecule has 0 radical (unpaired) electrons. The third-order valence-electron chi connectivity index (χ3n) is 6.94. The highest BCUT2D eigenvalue weighted by molar-refractivity contribution is 5.79. The standard InChI is InChI=1S/C23H36N4O/c1-17-5-10-24-21(15-17)16-18(2)26-13-8-22(9-14-26)27-11-6-19(7-12-27)23(28)25-20-3-4-20/h5,10,15,18-20,22H,3-4,6-9,11-14,16H2,1-2H3,(H,25,28)/t18-/m0/s1. The Morgan fingerprint density at radius 2 is 1.86 bits per heavy atom. The number of carbonyl (C=O) groups excluding carboxylic acids is 1. The molecule has 4 rings (SSSR count). The van der Waals surface area contributed by atoms with Gasteiger partial charge in [0.15, 0.2) is 0 Å². The van der Waals surface area contributed by atoms with Crippen molar-refractivity contribution in [1.29, 1.82) is 0 Å². The molecular formula is C23H36N4O. The van der Waals surface area contributed by atoms with Gasteiger partial charge < -0.3 is 15.1 Å². The van der Waals surface area contributed by atoms with E-state index in [9.17, 15) is 4.79 Å². The summed E-state index contributed by atoms with van der Waals surface area (Å²) in [7, 11) is 0. The van der Waals surface area contributed by atoms with Gasteiger partial charge >= 0.3 is 0 Å². The van der Waals surface area contributed by atoms with Crippen molar-refractivity contribution in [2.24, 2.45) is 5.92 Å². The van der Waals surface area contributed by atoms with Crippen molar-refractivity contribution < 1.29 is 4.79 Å². The average Bonchev–Trinajstić information content (AvgIpc) is 3.52. The van der Waals surface area contributed by atoms with Crippen LogP contribution in [0.5, 0.6) is 0 Å². The normalized spacial score (nSPS) is 24.2. The first-order valence-corrected chi connectivity index (χ1v) is 11.3. The van der Waals surface area contributed by atoms with E-state index in [4.69, 9.17) is 0 Å². The number of piperidine rings is 2. The van der Waals surface area contributed by atoms with E-state index in [1.165, 1.54) is 50.0 Å². The number of carbonyl (C=O) groups is 1. The van der Waals surface area contributed by atoms with Crippen molar-refractivity contribution in [1.82, 2.24) is 20.1 Å². The van der Waals surface area contributed by atoms with Gasteiger partial charge in [0.2, 0.25) is 5.91 Å². The second-order valence-corrected chi connectivity index (χ2v) is 9.24. The predicted molar refractivity (Wildman–Crippen MR) is 112 cm³/mol. The second-order valence-electron chi connectivity index (χ2n) is 9.24. The summed E-state index contributed by atoms with van der Waals surface area (Å²) in [6, 6.07) is 6.03. The van der Waals surface area contributed by atoms with Gasteiger partial charge in [-0.1, -0.05) is 0 Å². The Kier molecular flexibility index (Phi) is 6.32. The molecule has 1 aliphatic carbocycles. The first-order chi connectivity index (χ1) is 13.6. The Morgan fingerprint density at radius 1 is 1.14 bits per heavy atom. The maximum Gasteiger partial charge on any atom is 0.223 e. The van der Waals surface area contributed by atoms with Crippen LogP contribution >= 0.6 is 0 Å². The fourth-order valence-corrected chi connectivity index (χ4v) is 4.91. The number of amides is 1. The summed E-state index contributed by atoms with van der Waals surface area (Å²) in [6.45, 7) is 9.03. The Morgan fingerprint density at radius 3 is 2.50 bits per heavy atom. The molecule has 1 atom stereocenters. The fourth-order valence-electron chi connectivity index (χ4n) is 4.91. The van der Waals surface area contributed by atoms with Crippen LogP contribution in [0.15, 0.2) is 18.3 Å². The number of aryl methyl sites for hydroxylation is 1. The summed E-state index contributed by atoms with van der Waals surface area (Å²) in [6.07, 6.45) is 9.91. The van der Waals surface area contributed by atoms with Crippen LogP contribution in [-0.2, 0) is 11.2 Å². The minimum Gasteiger partial charge on any atom is -0.353 e. The molecule has 3 aliphatic rings. The van der Waals surface area contributed by atoms with Gasteiger partial charge in [-0.05, 0) is 96.2 Å². The number of aromatic nitrogens is 1. The molecule has 1 N–H and O–H groups in total. The van der Waals surface area contributed by atoms with Gasteiger partial charge in [-0.2, -0.15) is 0 Å². The smallest absolute Gasteiger partial charge is 0.223 e. The van der Waals surface area contributed by atoms with E-state index < -0.39 is 0 Å². The number of rotatable bonds is 6. The first-order valence-electron chi connectivity index (χ1n) is 11.3. The third kappa shape index (κ3) is 5.12. The Hall–Kier alpha value is -1.46. The van der Waals surface area contributed by atoms with Crippen LogP contribution in [0, 0.1) is 12.8 Å². The molecule has 1 amide bonds. The number of nitrogens with zero attached hydrogens (tertiary/aromatic N) is 3. The van der Waals surface area contributed by atoms with E-state index >= 15 is 0 Å². The quantitative estimate of drug-likeness (QED) is 0.819. The van der Waals surface area contributed by atoms with E-state index in [0.717, 1.165) is 32.4 Å². The molecule has 0 spiro atoms. The van der Waals surface area contributed by atoms with Gasteiger partial charge in [-0.15, -0.1) is 0 Å². The van der Waals surface area contributed by atoms with Crippen molar-refractivity contribution in [3.63, 3.8) is 0 Å². The Bertz CT molecular complexity index is 658. The molecule has 5 heteroatoms. The molecule has 0 unspecified atom stereocenters. The van der Waals surface area contributed by atoms with Crippen LogP contribution in [0.2, 0.25) is 0 Å². The van der Waals surface area contributed by atoms with Gasteiger partial charge in [0, 0.05) is 42.4 Å². The third-order valence-corrected chi connectivity index (χ3v) is 6.94. The maximum absolute atomic E-state index is 12.3. The van der Waals surface area contributed by atoms with Crippen LogP contribution in [0.25, 0.3) is 0 Å². The first kappa shape index (κ1) is 19.8. The predicted octanol–water partition coefficient (Wildman–Crippen LogP) is 2.78.